The highest BCUT2D eigenvalue weighted by Crippen LogP contribution is 2.26. The lowest BCUT2D eigenvalue weighted by Gasteiger charge is -2.15. The number of benzene rings is 1. The number of nitrogens with zero attached hydrogens (tertiary/aromatic N) is 2. The van der Waals surface area contributed by atoms with E-state index in [1.54, 1.807) is 11.8 Å². The number of nitrogens with one attached hydrogen (secondary N) is 1. The quantitative estimate of drug-likeness (QED) is 0.905. The lowest BCUT2D eigenvalue weighted by Crippen LogP contribution is -2.18. The van der Waals surface area contributed by atoms with Crippen molar-refractivity contribution in [2.75, 3.05) is 7.11 Å². The number of ether oxygens (including phenoxy) is 1. The van der Waals surface area contributed by atoms with Gasteiger partial charge >= 0.3 is 0 Å². The first-order chi connectivity index (χ1) is 9.93. The fourth-order valence-corrected chi connectivity index (χ4v) is 2.60. The van der Waals surface area contributed by atoms with Crippen molar-refractivity contribution in [3.8, 4) is 5.88 Å². The summed E-state index contributed by atoms with van der Waals surface area (Å²) in [6.07, 6.45) is 0. The maximum Gasteiger partial charge on any atom is 0.216 e. The van der Waals surface area contributed by atoms with Gasteiger partial charge in [-0.1, -0.05) is 29.3 Å². The van der Waals surface area contributed by atoms with Gasteiger partial charge < -0.3 is 10.1 Å². The summed E-state index contributed by atoms with van der Waals surface area (Å²) in [5.74, 6) is 0.779. The van der Waals surface area contributed by atoms with E-state index in [1.807, 2.05) is 32.2 Å². The average Bonchev–Trinajstić information content (AvgIpc) is 2.72. The molecule has 0 radical (unpaired) electrons. The van der Waals surface area contributed by atoms with Crippen LogP contribution in [0.2, 0.25) is 10.0 Å². The SMILES string of the molecule is COc1c(CN[C@@H](C)c2ccc(Cl)c(Cl)c2)c(C)nn1C. The molecule has 0 aliphatic heterocycles. The number of aromatic nitrogens is 2. The Kier molecular flexibility index (Phi) is 5.14. The van der Waals surface area contributed by atoms with Gasteiger partial charge in [0.15, 0.2) is 0 Å². The van der Waals surface area contributed by atoms with E-state index in [-0.39, 0.29) is 6.04 Å². The third-order valence-electron chi connectivity index (χ3n) is 3.51. The molecule has 0 aliphatic carbocycles. The molecule has 0 spiro atoms. The Bertz CT molecular complexity index is 640. The van der Waals surface area contributed by atoms with Crippen LogP contribution in [0.15, 0.2) is 18.2 Å². The van der Waals surface area contributed by atoms with Crippen molar-refractivity contribution in [2.24, 2.45) is 7.05 Å². The zero-order valence-corrected chi connectivity index (χ0v) is 14.1. The van der Waals surface area contributed by atoms with E-state index >= 15 is 0 Å². The van der Waals surface area contributed by atoms with Crippen LogP contribution in [0.1, 0.15) is 29.8 Å². The fourth-order valence-electron chi connectivity index (χ4n) is 2.29. The van der Waals surface area contributed by atoms with Gasteiger partial charge in [-0.3, -0.25) is 0 Å². The first-order valence-electron chi connectivity index (χ1n) is 6.68. The Morgan fingerprint density at radius 3 is 2.67 bits per heavy atom. The molecule has 0 saturated heterocycles. The Labute approximate surface area is 135 Å². The molecule has 0 fully saturated rings. The molecule has 4 nitrogen and oxygen atoms in total. The molecule has 0 bridgehead atoms. The van der Waals surface area contributed by atoms with E-state index in [2.05, 4.69) is 17.3 Å². The van der Waals surface area contributed by atoms with E-state index in [9.17, 15) is 0 Å². The van der Waals surface area contributed by atoms with Crippen molar-refractivity contribution in [3.63, 3.8) is 0 Å². The van der Waals surface area contributed by atoms with Crippen LogP contribution in [-0.4, -0.2) is 16.9 Å². The maximum atomic E-state index is 6.06. The molecule has 0 saturated carbocycles. The number of hydrogen-bond acceptors (Lipinski definition) is 3. The van der Waals surface area contributed by atoms with Crippen LogP contribution < -0.4 is 10.1 Å². The monoisotopic (exact) mass is 327 g/mol. The van der Waals surface area contributed by atoms with Gasteiger partial charge in [0.1, 0.15) is 0 Å². The highest BCUT2D eigenvalue weighted by atomic mass is 35.5. The smallest absolute Gasteiger partial charge is 0.216 e. The Morgan fingerprint density at radius 1 is 1.33 bits per heavy atom. The molecular weight excluding hydrogens is 309 g/mol. The highest BCUT2D eigenvalue weighted by Gasteiger charge is 2.15. The predicted octanol–water partition coefficient (Wildman–Crippen LogP) is 3.89. The second kappa shape index (κ2) is 6.69. The van der Waals surface area contributed by atoms with Gasteiger partial charge in [-0.15, -0.1) is 0 Å². The van der Waals surface area contributed by atoms with E-state index in [0.717, 1.165) is 22.7 Å². The first kappa shape index (κ1) is 16.1. The zero-order chi connectivity index (χ0) is 15.6. The minimum absolute atomic E-state index is 0.143. The number of methoxy groups -OCH3 is 1. The van der Waals surface area contributed by atoms with E-state index in [1.165, 1.54) is 0 Å². The molecule has 2 rings (SSSR count). The molecule has 1 aromatic carbocycles. The standard InChI is InChI=1S/C15H19Cl2N3O/c1-9(11-5-6-13(16)14(17)7-11)18-8-12-10(2)19-20(3)15(12)21-4/h5-7,9,18H,8H2,1-4H3/t9-/m0/s1. The van der Waals surface area contributed by atoms with Gasteiger partial charge in [0.25, 0.3) is 0 Å². The van der Waals surface area contributed by atoms with Gasteiger partial charge in [0, 0.05) is 19.6 Å². The second-order valence-corrected chi connectivity index (χ2v) is 5.79. The molecule has 1 aromatic heterocycles. The summed E-state index contributed by atoms with van der Waals surface area (Å²) >= 11 is 12.0. The minimum Gasteiger partial charge on any atom is -0.481 e. The van der Waals surface area contributed by atoms with Gasteiger partial charge in [-0.25, -0.2) is 4.68 Å². The molecule has 1 heterocycles. The molecule has 0 unspecified atom stereocenters. The Balaban J connectivity index is 2.10. The Hall–Kier alpha value is -1.23. The largest absolute Gasteiger partial charge is 0.481 e. The second-order valence-electron chi connectivity index (χ2n) is 4.97. The average molecular weight is 328 g/mol. The van der Waals surface area contributed by atoms with Crippen LogP contribution >= 0.6 is 23.2 Å². The zero-order valence-electron chi connectivity index (χ0n) is 12.6. The molecule has 0 aliphatic rings. The lowest BCUT2D eigenvalue weighted by molar-refractivity contribution is 0.367. The predicted molar refractivity (Wildman–Crippen MR) is 86.2 cm³/mol. The first-order valence-corrected chi connectivity index (χ1v) is 7.44. The summed E-state index contributed by atoms with van der Waals surface area (Å²) in [5.41, 5.74) is 3.11. The fraction of sp³-hybridized carbons (Fsp3) is 0.400. The molecule has 0 amide bonds. The molecule has 1 N–H and O–H groups in total. The lowest BCUT2D eigenvalue weighted by atomic mass is 10.1. The molecule has 6 heteroatoms. The van der Waals surface area contributed by atoms with E-state index in [4.69, 9.17) is 27.9 Å². The molecule has 21 heavy (non-hydrogen) atoms. The normalized spacial score (nSPS) is 12.5. The summed E-state index contributed by atoms with van der Waals surface area (Å²) in [4.78, 5) is 0. The van der Waals surface area contributed by atoms with Crippen molar-refractivity contribution in [1.82, 2.24) is 15.1 Å². The third-order valence-corrected chi connectivity index (χ3v) is 4.25. The molecule has 1 atom stereocenters. The van der Waals surface area contributed by atoms with Gasteiger partial charge in [0.05, 0.1) is 28.4 Å². The van der Waals surface area contributed by atoms with Crippen molar-refractivity contribution in [2.45, 2.75) is 26.4 Å². The minimum atomic E-state index is 0.143. The van der Waals surface area contributed by atoms with Crippen molar-refractivity contribution >= 4 is 23.2 Å². The Morgan fingerprint density at radius 2 is 2.05 bits per heavy atom. The summed E-state index contributed by atoms with van der Waals surface area (Å²) in [6.45, 7) is 4.73. The molecule has 2 aromatic rings. The summed E-state index contributed by atoms with van der Waals surface area (Å²) < 4.78 is 7.14. The van der Waals surface area contributed by atoms with Crippen LogP contribution in [0.4, 0.5) is 0 Å². The highest BCUT2D eigenvalue weighted by molar-refractivity contribution is 6.42. The summed E-state index contributed by atoms with van der Waals surface area (Å²) in [7, 11) is 3.53. The number of rotatable bonds is 5. The number of hydrogen-bond donors (Lipinski definition) is 1. The van der Waals surface area contributed by atoms with Crippen LogP contribution in [-0.2, 0) is 13.6 Å². The van der Waals surface area contributed by atoms with Crippen LogP contribution in [0.3, 0.4) is 0 Å². The van der Waals surface area contributed by atoms with Crippen molar-refractivity contribution < 1.29 is 4.74 Å². The van der Waals surface area contributed by atoms with Gasteiger partial charge in [-0.2, -0.15) is 5.10 Å². The van der Waals surface area contributed by atoms with Crippen molar-refractivity contribution in [1.29, 1.82) is 0 Å². The third kappa shape index (κ3) is 3.51. The van der Waals surface area contributed by atoms with Crippen LogP contribution in [0, 0.1) is 6.92 Å². The molecular formula is C15H19Cl2N3O. The summed E-state index contributed by atoms with van der Waals surface area (Å²) in [5, 5.41) is 8.96. The van der Waals surface area contributed by atoms with Gasteiger partial charge in [-0.05, 0) is 31.5 Å². The van der Waals surface area contributed by atoms with Crippen LogP contribution in [0.5, 0.6) is 5.88 Å². The maximum absolute atomic E-state index is 6.06. The van der Waals surface area contributed by atoms with Crippen molar-refractivity contribution in [3.05, 3.63) is 45.1 Å². The number of aryl methyl sites for hydroxylation is 2. The van der Waals surface area contributed by atoms with Gasteiger partial charge in [0.2, 0.25) is 5.88 Å². The summed E-state index contributed by atoms with van der Waals surface area (Å²) in [6, 6.07) is 5.81. The topological polar surface area (TPSA) is 39.1 Å². The molecule has 114 valence electrons. The van der Waals surface area contributed by atoms with E-state index < -0.39 is 0 Å². The number of halogens is 2. The van der Waals surface area contributed by atoms with E-state index in [0.29, 0.717) is 16.6 Å². The van der Waals surface area contributed by atoms with Crippen LogP contribution in [0.25, 0.3) is 0 Å².